The van der Waals surface area contributed by atoms with Gasteiger partial charge in [-0.3, -0.25) is 9.69 Å². The number of hydrogen-bond donors (Lipinski definition) is 3. The van der Waals surface area contributed by atoms with E-state index in [0.29, 0.717) is 40.9 Å². The highest BCUT2D eigenvalue weighted by Crippen LogP contribution is 2.31. The normalized spacial score (nSPS) is 15.5. The van der Waals surface area contributed by atoms with Crippen LogP contribution in [-0.2, 0) is 4.74 Å². The van der Waals surface area contributed by atoms with Gasteiger partial charge >= 0.3 is 6.09 Å². The van der Waals surface area contributed by atoms with Crippen LogP contribution in [0.25, 0.3) is 0 Å². The third-order valence-electron chi connectivity index (χ3n) is 6.10. The molecule has 1 fully saturated rings. The molecule has 0 unspecified atom stereocenters. The summed E-state index contributed by atoms with van der Waals surface area (Å²) >= 11 is 6.07. The van der Waals surface area contributed by atoms with Crippen molar-refractivity contribution in [1.29, 1.82) is 0 Å². The van der Waals surface area contributed by atoms with Gasteiger partial charge in [0.15, 0.2) is 0 Å². The molecule has 3 rings (SSSR count). The van der Waals surface area contributed by atoms with Gasteiger partial charge in [0.1, 0.15) is 11.6 Å². The van der Waals surface area contributed by atoms with E-state index in [2.05, 4.69) is 10.2 Å². The van der Waals surface area contributed by atoms with Crippen LogP contribution in [0.1, 0.15) is 41.2 Å². The lowest BCUT2D eigenvalue weighted by molar-refractivity contribution is 0.0884. The van der Waals surface area contributed by atoms with Crippen molar-refractivity contribution < 1.29 is 23.5 Å². The summed E-state index contributed by atoms with van der Waals surface area (Å²) in [6.45, 7) is 2.27. The topological polar surface area (TPSA) is 120 Å². The molecule has 0 radical (unpaired) electrons. The number of primary amides is 1. The van der Waals surface area contributed by atoms with E-state index in [1.54, 1.807) is 12.1 Å². The monoisotopic (exact) mass is 492 g/mol. The summed E-state index contributed by atoms with van der Waals surface area (Å²) in [5, 5.41) is 3.27. The van der Waals surface area contributed by atoms with Crippen molar-refractivity contribution in [2.75, 3.05) is 39.1 Å². The highest BCUT2D eigenvalue weighted by Gasteiger charge is 2.27. The van der Waals surface area contributed by atoms with Crippen LogP contribution in [0.5, 0.6) is 5.75 Å². The molecule has 1 saturated heterocycles. The molecule has 1 aliphatic rings. The van der Waals surface area contributed by atoms with Crippen LogP contribution in [0.2, 0.25) is 5.02 Å². The molecular weight excluding hydrogens is 463 g/mol. The van der Waals surface area contributed by atoms with Gasteiger partial charge < -0.3 is 26.3 Å². The van der Waals surface area contributed by atoms with Crippen LogP contribution in [0.4, 0.5) is 14.9 Å². The predicted molar refractivity (Wildman–Crippen MR) is 128 cm³/mol. The number of carbonyl (C=O) groups is 2. The lowest BCUT2D eigenvalue weighted by Crippen LogP contribution is -2.40. The van der Waals surface area contributed by atoms with Crippen LogP contribution in [-0.4, -0.2) is 50.3 Å². The molecule has 2 aromatic rings. The summed E-state index contributed by atoms with van der Waals surface area (Å²) in [5.74, 6) is 0.0963. The Balaban J connectivity index is 1.57. The Kier molecular flexibility index (Phi) is 8.95. The fraction of sp³-hybridized carbons (Fsp3) is 0.417. The van der Waals surface area contributed by atoms with E-state index in [-0.39, 0.29) is 24.4 Å². The molecule has 2 amide bonds. The van der Waals surface area contributed by atoms with Crippen molar-refractivity contribution >= 4 is 29.3 Å². The maximum atomic E-state index is 13.4. The van der Waals surface area contributed by atoms with Crippen LogP contribution >= 0.6 is 11.6 Å². The van der Waals surface area contributed by atoms with Gasteiger partial charge in [0, 0.05) is 25.1 Å². The van der Waals surface area contributed by atoms with Gasteiger partial charge in [-0.2, -0.15) is 0 Å². The van der Waals surface area contributed by atoms with Gasteiger partial charge in [-0.15, -0.1) is 0 Å². The Hall–Kier alpha value is -3.04. The summed E-state index contributed by atoms with van der Waals surface area (Å²) in [7, 11) is 1.47. The zero-order valence-electron chi connectivity index (χ0n) is 19.1. The summed E-state index contributed by atoms with van der Waals surface area (Å²) < 4.78 is 23.6. The van der Waals surface area contributed by atoms with E-state index in [9.17, 15) is 14.0 Å². The Morgan fingerprint density at radius 2 is 1.91 bits per heavy atom. The molecular formula is C24H30ClFN4O4. The number of nitrogens with one attached hydrogen (secondary N) is 1. The largest absolute Gasteiger partial charge is 0.496 e. The molecule has 1 aliphatic heterocycles. The smallest absolute Gasteiger partial charge is 0.404 e. The first-order valence-electron chi connectivity index (χ1n) is 11.1. The van der Waals surface area contributed by atoms with Gasteiger partial charge in [0.25, 0.3) is 5.91 Å². The Morgan fingerprint density at radius 3 is 2.53 bits per heavy atom. The molecule has 34 heavy (non-hydrogen) atoms. The number of rotatable bonds is 9. The highest BCUT2D eigenvalue weighted by atomic mass is 35.5. The summed E-state index contributed by atoms with van der Waals surface area (Å²) in [6, 6.07) is 9.37. The van der Waals surface area contributed by atoms with Crippen molar-refractivity contribution in [3.63, 3.8) is 0 Å². The number of methoxy groups -OCH3 is 1. The molecule has 0 bridgehead atoms. The predicted octanol–water partition coefficient (Wildman–Crippen LogP) is 3.74. The summed E-state index contributed by atoms with van der Waals surface area (Å²) in [6.07, 6.45) is 1.47. The van der Waals surface area contributed by atoms with Crippen molar-refractivity contribution in [3.8, 4) is 5.75 Å². The minimum atomic E-state index is -0.814. The van der Waals surface area contributed by atoms with Crippen molar-refractivity contribution in [1.82, 2.24) is 10.2 Å². The third kappa shape index (κ3) is 6.74. The molecule has 184 valence electrons. The molecule has 5 N–H and O–H groups in total. The molecule has 0 saturated carbocycles. The number of nitrogen functional groups attached to an aromatic ring is 1. The molecule has 2 aromatic carbocycles. The number of benzene rings is 2. The first kappa shape index (κ1) is 25.6. The highest BCUT2D eigenvalue weighted by molar-refractivity contribution is 6.33. The number of piperidine rings is 1. The Bertz CT molecular complexity index is 997. The minimum absolute atomic E-state index is 0.0309. The van der Waals surface area contributed by atoms with Crippen LogP contribution in [0.15, 0.2) is 36.4 Å². The fourth-order valence-corrected chi connectivity index (χ4v) is 4.40. The SMILES string of the molecule is COc1cc(N)c(Cl)cc1C(=O)NCC1CCN([C@H](CCOC(N)=O)c2ccc(F)cc2)CC1. The van der Waals surface area contributed by atoms with E-state index in [1.807, 2.05) is 0 Å². The minimum Gasteiger partial charge on any atom is -0.496 e. The number of ether oxygens (including phenoxy) is 2. The summed E-state index contributed by atoms with van der Waals surface area (Å²) in [4.78, 5) is 26.0. The molecule has 1 atom stereocenters. The Labute approximate surface area is 203 Å². The Morgan fingerprint density at radius 1 is 1.24 bits per heavy atom. The number of nitrogens with zero attached hydrogens (tertiary/aromatic N) is 1. The quantitative estimate of drug-likeness (QED) is 0.459. The molecule has 0 aliphatic carbocycles. The van der Waals surface area contributed by atoms with E-state index >= 15 is 0 Å². The zero-order chi connectivity index (χ0) is 24.7. The average molecular weight is 493 g/mol. The van der Waals surface area contributed by atoms with Crippen LogP contribution in [0.3, 0.4) is 0 Å². The van der Waals surface area contributed by atoms with E-state index in [0.717, 1.165) is 31.5 Å². The summed E-state index contributed by atoms with van der Waals surface area (Å²) in [5.41, 5.74) is 12.5. The van der Waals surface area contributed by atoms with Gasteiger partial charge in [-0.05, 0) is 55.6 Å². The molecule has 0 spiro atoms. The van der Waals surface area contributed by atoms with E-state index in [1.165, 1.54) is 31.4 Å². The van der Waals surface area contributed by atoms with Crippen molar-refractivity contribution in [2.45, 2.75) is 25.3 Å². The zero-order valence-corrected chi connectivity index (χ0v) is 19.8. The van der Waals surface area contributed by atoms with Gasteiger partial charge in [0.05, 0.1) is 30.0 Å². The molecule has 0 aromatic heterocycles. The lowest BCUT2D eigenvalue weighted by Gasteiger charge is -2.38. The first-order chi connectivity index (χ1) is 16.3. The van der Waals surface area contributed by atoms with E-state index < -0.39 is 6.09 Å². The fourth-order valence-electron chi connectivity index (χ4n) is 4.23. The number of hydrogen-bond acceptors (Lipinski definition) is 6. The number of carbonyl (C=O) groups excluding carboxylic acids is 2. The number of halogens is 2. The maximum Gasteiger partial charge on any atom is 0.404 e. The number of amides is 2. The first-order valence-corrected chi connectivity index (χ1v) is 11.5. The van der Waals surface area contributed by atoms with E-state index in [4.69, 9.17) is 32.5 Å². The van der Waals surface area contributed by atoms with Crippen molar-refractivity contribution in [3.05, 3.63) is 58.4 Å². The number of nitrogens with two attached hydrogens (primary N) is 2. The standard InChI is InChI=1S/C24H30ClFN4O4/c1-33-22-13-20(27)19(25)12-18(22)23(31)29-14-15-6-9-30(10-7-15)21(8-11-34-24(28)32)16-2-4-17(26)5-3-16/h2-5,12-13,15,21H,6-11,14,27H2,1H3,(H2,28,32)(H,29,31)/t21-/m1/s1. The second kappa shape index (κ2) is 11.9. The molecule has 8 nitrogen and oxygen atoms in total. The molecule has 10 heteroatoms. The van der Waals surface area contributed by atoms with Crippen LogP contribution < -0.4 is 21.5 Å². The lowest BCUT2D eigenvalue weighted by atomic mass is 9.93. The van der Waals surface area contributed by atoms with Gasteiger partial charge in [-0.1, -0.05) is 23.7 Å². The maximum absolute atomic E-state index is 13.4. The number of anilines is 1. The van der Waals surface area contributed by atoms with Crippen molar-refractivity contribution in [2.24, 2.45) is 11.7 Å². The second-order valence-corrected chi connectivity index (χ2v) is 8.69. The second-order valence-electron chi connectivity index (χ2n) is 8.29. The van der Waals surface area contributed by atoms with Crippen LogP contribution in [0, 0.1) is 11.7 Å². The molecule has 1 heterocycles. The number of likely N-dealkylation sites (tertiary alicyclic amines) is 1. The average Bonchev–Trinajstić information content (AvgIpc) is 2.83. The third-order valence-corrected chi connectivity index (χ3v) is 6.42. The van der Waals surface area contributed by atoms with Gasteiger partial charge in [0.2, 0.25) is 0 Å². The van der Waals surface area contributed by atoms with Gasteiger partial charge in [-0.25, -0.2) is 9.18 Å².